The number of para-hydroxylation sites is 2. The molecule has 0 bridgehead atoms. The summed E-state index contributed by atoms with van der Waals surface area (Å²) in [5.41, 5.74) is 0.187. The molecule has 0 atom stereocenters. The molecule has 0 aliphatic heterocycles. The van der Waals surface area contributed by atoms with Crippen molar-refractivity contribution in [3.63, 3.8) is 0 Å². The maximum Gasteiger partial charge on any atom is 2.00 e. The zero-order valence-electron chi connectivity index (χ0n) is 15.5. The molecule has 149 valence electrons. The molecule has 0 unspecified atom stereocenters. The van der Waals surface area contributed by atoms with Crippen LogP contribution in [0.25, 0.3) is 0 Å². The Labute approximate surface area is 169 Å². The number of carbonyl (C=O) groups excluding carboxylic acids is 2. The number of hydrogen-bond donors (Lipinski definition) is 0. The van der Waals surface area contributed by atoms with Crippen LogP contribution in [0.5, 0.6) is 11.5 Å². The molecule has 0 aliphatic rings. The van der Waals surface area contributed by atoms with E-state index in [0.717, 1.165) is 0 Å². The van der Waals surface area contributed by atoms with Gasteiger partial charge in [0.1, 0.15) is 0 Å². The van der Waals surface area contributed by atoms with Gasteiger partial charge < -0.3 is 19.7 Å². The zero-order valence-corrected chi connectivity index (χ0v) is 16.5. The van der Waals surface area contributed by atoms with E-state index in [2.05, 4.69) is 0 Å². The third-order valence-electron chi connectivity index (χ3n) is 2.90. The van der Waals surface area contributed by atoms with E-state index in [1.54, 1.807) is 52.0 Å². The molecular weight excluding hydrogens is 400 g/mol. The van der Waals surface area contributed by atoms with Crippen LogP contribution in [0.3, 0.4) is 0 Å². The van der Waals surface area contributed by atoms with E-state index in [-0.39, 0.29) is 51.9 Å². The van der Waals surface area contributed by atoms with Crippen molar-refractivity contribution >= 4 is 11.9 Å². The standard InChI is InChI=1S/2C10H12O3.Cu/c2*1-7(2)13-10(12)8-5-3-4-6-9(8)11;/h2*3-7,11H,1-2H3;/q;;+2/p-2. The fourth-order valence-corrected chi connectivity index (χ4v) is 1.83. The molecule has 6 nitrogen and oxygen atoms in total. The number of benzene rings is 2. The van der Waals surface area contributed by atoms with E-state index >= 15 is 0 Å². The molecule has 0 spiro atoms. The molecule has 0 amide bonds. The fourth-order valence-electron chi connectivity index (χ4n) is 1.83. The van der Waals surface area contributed by atoms with Crippen LogP contribution >= 0.6 is 0 Å². The quantitative estimate of drug-likeness (QED) is 0.555. The third-order valence-corrected chi connectivity index (χ3v) is 2.90. The van der Waals surface area contributed by atoms with E-state index in [1.807, 2.05) is 0 Å². The Morgan fingerprint density at radius 2 is 1.00 bits per heavy atom. The van der Waals surface area contributed by atoms with Crippen LogP contribution in [0.15, 0.2) is 48.5 Å². The van der Waals surface area contributed by atoms with Crippen LogP contribution in [-0.4, -0.2) is 24.1 Å². The van der Waals surface area contributed by atoms with Crippen LogP contribution < -0.4 is 10.2 Å². The minimum atomic E-state index is -0.555. The monoisotopic (exact) mass is 421 g/mol. The van der Waals surface area contributed by atoms with Gasteiger partial charge in [0.25, 0.3) is 0 Å². The summed E-state index contributed by atoms with van der Waals surface area (Å²) < 4.78 is 9.76. The van der Waals surface area contributed by atoms with Gasteiger partial charge in [0.2, 0.25) is 0 Å². The van der Waals surface area contributed by atoms with Gasteiger partial charge in [0.15, 0.2) is 0 Å². The van der Waals surface area contributed by atoms with Gasteiger partial charge in [0.05, 0.1) is 23.3 Å². The average molecular weight is 422 g/mol. The Bertz CT molecular complexity index is 679. The Hall–Kier alpha value is -2.50. The van der Waals surface area contributed by atoms with Crippen LogP contribution in [0, 0.1) is 0 Å². The molecule has 0 fully saturated rings. The van der Waals surface area contributed by atoms with E-state index in [4.69, 9.17) is 9.47 Å². The molecule has 2 aromatic rings. The van der Waals surface area contributed by atoms with Crippen molar-refractivity contribution in [1.29, 1.82) is 0 Å². The Morgan fingerprint density at radius 1 is 0.704 bits per heavy atom. The summed E-state index contributed by atoms with van der Waals surface area (Å²) in [7, 11) is 0. The number of rotatable bonds is 4. The van der Waals surface area contributed by atoms with Gasteiger partial charge in [-0.2, -0.15) is 0 Å². The van der Waals surface area contributed by atoms with E-state index < -0.39 is 11.9 Å². The second-order valence-corrected chi connectivity index (χ2v) is 5.90. The normalized spacial score (nSPS) is 9.70. The van der Waals surface area contributed by atoms with Crippen LogP contribution in [0.2, 0.25) is 0 Å². The number of carbonyl (C=O) groups is 2. The Morgan fingerprint density at radius 3 is 1.26 bits per heavy atom. The number of esters is 2. The first-order chi connectivity index (χ1) is 12.2. The molecule has 7 heteroatoms. The molecular formula is C20H22CuO6. The minimum absolute atomic E-state index is 0. The molecule has 0 N–H and O–H groups in total. The molecule has 1 radical (unpaired) electrons. The topological polar surface area (TPSA) is 98.7 Å². The smallest absolute Gasteiger partial charge is 0.872 e. The molecule has 0 saturated heterocycles. The minimum Gasteiger partial charge on any atom is -0.872 e. The third kappa shape index (κ3) is 8.62. The Balaban J connectivity index is 0.000000483. The first-order valence-corrected chi connectivity index (χ1v) is 8.16. The van der Waals surface area contributed by atoms with E-state index in [0.29, 0.717) is 0 Å². The second-order valence-electron chi connectivity index (χ2n) is 5.90. The van der Waals surface area contributed by atoms with E-state index in [1.165, 1.54) is 24.3 Å². The fraction of sp³-hybridized carbons (Fsp3) is 0.300. The number of hydrogen-bond acceptors (Lipinski definition) is 6. The molecule has 0 aliphatic carbocycles. The summed E-state index contributed by atoms with van der Waals surface area (Å²) in [6.45, 7) is 6.97. The van der Waals surface area contributed by atoms with Gasteiger partial charge in [-0.3, -0.25) is 0 Å². The Kier molecular flexibility index (Phi) is 10.9. The summed E-state index contributed by atoms with van der Waals surface area (Å²) in [4.78, 5) is 22.5. The second kappa shape index (κ2) is 12.0. The zero-order chi connectivity index (χ0) is 19.7. The van der Waals surface area contributed by atoms with Crippen molar-refractivity contribution in [2.24, 2.45) is 0 Å². The van der Waals surface area contributed by atoms with Crippen molar-refractivity contribution in [2.75, 3.05) is 0 Å². The van der Waals surface area contributed by atoms with Crippen LogP contribution in [0.1, 0.15) is 48.4 Å². The van der Waals surface area contributed by atoms with Crippen molar-refractivity contribution in [3.8, 4) is 11.5 Å². The first kappa shape index (κ1) is 24.5. The average Bonchev–Trinajstić information content (AvgIpc) is 2.55. The van der Waals surface area contributed by atoms with Gasteiger partial charge in [-0.05, 0) is 39.8 Å². The van der Waals surface area contributed by atoms with Gasteiger partial charge in [0, 0.05) is 0 Å². The van der Waals surface area contributed by atoms with Crippen molar-refractivity contribution < 1.29 is 46.3 Å². The van der Waals surface area contributed by atoms with Gasteiger partial charge >= 0.3 is 29.0 Å². The molecule has 2 aromatic carbocycles. The molecule has 0 aromatic heterocycles. The summed E-state index contributed by atoms with van der Waals surface area (Å²) >= 11 is 0. The largest absolute Gasteiger partial charge is 2.00 e. The van der Waals surface area contributed by atoms with Crippen LogP contribution in [0.4, 0.5) is 0 Å². The predicted octanol–water partition coefficient (Wildman–Crippen LogP) is 2.65. The SMILES string of the molecule is CC(C)OC(=O)c1ccccc1[O-].CC(C)OC(=O)c1ccccc1[O-].[Cu+2]. The maximum atomic E-state index is 11.3. The van der Waals surface area contributed by atoms with Crippen LogP contribution in [-0.2, 0) is 26.5 Å². The van der Waals surface area contributed by atoms with Crippen molar-refractivity contribution in [1.82, 2.24) is 0 Å². The van der Waals surface area contributed by atoms with E-state index in [9.17, 15) is 19.8 Å². The van der Waals surface area contributed by atoms with Crippen molar-refractivity contribution in [2.45, 2.75) is 39.9 Å². The van der Waals surface area contributed by atoms with Gasteiger partial charge in [-0.1, -0.05) is 47.9 Å². The molecule has 27 heavy (non-hydrogen) atoms. The molecule has 2 rings (SSSR count). The van der Waals surface area contributed by atoms with Crippen molar-refractivity contribution in [3.05, 3.63) is 59.7 Å². The number of ether oxygens (including phenoxy) is 2. The van der Waals surface area contributed by atoms with Gasteiger partial charge in [-0.15, -0.1) is 0 Å². The molecule has 0 heterocycles. The summed E-state index contributed by atoms with van der Waals surface area (Å²) in [5, 5.41) is 22.3. The molecule has 0 saturated carbocycles. The summed E-state index contributed by atoms with van der Waals surface area (Å²) in [6, 6.07) is 12.1. The maximum absolute atomic E-state index is 11.3. The predicted molar refractivity (Wildman–Crippen MR) is 92.9 cm³/mol. The first-order valence-electron chi connectivity index (χ1n) is 8.16. The summed E-state index contributed by atoms with van der Waals surface area (Å²) in [5.74, 6) is -1.71. The van der Waals surface area contributed by atoms with Gasteiger partial charge in [-0.25, -0.2) is 9.59 Å². The summed E-state index contributed by atoms with van der Waals surface area (Å²) in [6.07, 6.45) is -0.404.